The number of unbranched alkanes of at least 4 members (excludes halogenated alkanes) is 16. The van der Waals surface area contributed by atoms with Crippen molar-refractivity contribution < 1.29 is 28.0 Å². The maximum atomic E-state index is 12.4. The average Bonchev–Trinajstić information content (AvgIpc) is 2.92. The minimum Gasteiger partial charge on any atom is -0.387 e. The Balaban J connectivity index is 4.34. The lowest BCUT2D eigenvalue weighted by atomic mass is 10.1. The smallest absolute Gasteiger partial charge is 0.267 e. The van der Waals surface area contributed by atoms with E-state index < -0.39 is 40.0 Å². The molecule has 0 aliphatic rings. The molecule has 8 heteroatoms. The zero-order valence-electron chi connectivity index (χ0n) is 26.0. The van der Waals surface area contributed by atoms with E-state index in [0.29, 0.717) is 6.42 Å². The van der Waals surface area contributed by atoms with Crippen LogP contribution in [0.15, 0.2) is 36.5 Å². The molecule has 0 fully saturated rings. The highest BCUT2D eigenvalue weighted by Crippen LogP contribution is 2.12. The summed E-state index contributed by atoms with van der Waals surface area (Å²) in [5.41, 5.74) is 0. The lowest BCUT2D eigenvalue weighted by molar-refractivity contribution is -0.130. The number of amides is 1. The van der Waals surface area contributed by atoms with Crippen LogP contribution in [0.5, 0.6) is 0 Å². The van der Waals surface area contributed by atoms with Crippen molar-refractivity contribution in [3.63, 3.8) is 0 Å². The zero-order chi connectivity index (χ0) is 30.6. The number of carbonyl (C=O) groups is 1. The summed E-state index contributed by atoms with van der Waals surface area (Å²) in [6.45, 7) is 4.44. The van der Waals surface area contributed by atoms with Crippen molar-refractivity contribution in [3.8, 4) is 0 Å². The van der Waals surface area contributed by atoms with Gasteiger partial charge in [0.2, 0.25) is 5.91 Å². The third-order valence-electron chi connectivity index (χ3n) is 7.18. The SMILES string of the molecule is CCCCCCCC/C=C\C/C=C\CC(O)C(=O)NC(CS(=O)(=O)O)C(O)/C=C/CCCCCCCCCCCC. The van der Waals surface area contributed by atoms with Crippen molar-refractivity contribution >= 4 is 16.0 Å². The van der Waals surface area contributed by atoms with E-state index in [2.05, 4.69) is 31.3 Å². The van der Waals surface area contributed by atoms with Gasteiger partial charge in [-0.15, -0.1) is 0 Å². The Hall–Kier alpha value is -1.48. The fourth-order valence-corrected chi connectivity index (χ4v) is 5.35. The van der Waals surface area contributed by atoms with Crippen molar-refractivity contribution in [1.29, 1.82) is 0 Å². The number of aliphatic hydroxyl groups is 2. The van der Waals surface area contributed by atoms with E-state index in [4.69, 9.17) is 0 Å². The van der Waals surface area contributed by atoms with E-state index in [-0.39, 0.29) is 6.42 Å². The second kappa shape index (κ2) is 27.4. The van der Waals surface area contributed by atoms with Gasteiger partial charge in [0.05, 0.1) is 17.9 Å². The third-order valence-corrected chi connectivity index (χ3v) is 7.96. The van der Waals surface area contributed by atoms with Gasteiger partial charge in [0.25, 0.3) is 10.1 Å². The van der Waals surface area contributed by atoms with Gasteiger partial charge in [0, 0.05) is 6.42 Å². The third kappa shape index (κ3) is 27.1. The van der Waals surface area contributed by atoms with Gasteiger partial charge in [-0.05, 0) is 32.1 Å². The molecule has 4 N–H and O–H groups in total. The van der Waals surface area contributed by atoms with Crippen LogP contribution in [0.25, 0.3) is 0 Å². The first kappa shape index (κ1) is 39.5. The fraction of sp³-hybridized carbons (Fsp3) is 0.788. The Morgan fingerprint density at radius 3 is 1.66 bits per heavy atom. The molecule has 0 aliphatic carbocycles. The monoisotopic (exact) mass is 599 g/mol. The summed E-state index contributed by atoms with van der Waals surface area (Å²) < 4.78 is 32.2. The van der Waals surface area contributed by atoms with E-state index in [1.165, 1.54) is 96.0 Å². The second-order valence-corrected chi connectivity index (χ2v) is 12.7. The largest absolute Gasteiger partial charge is 0.387 e. The molecule has 0 saturated heterocycles. The van der Waals surface area contributed by atoms with Gasteiger partial charge >= 0.3 is 0 Å². The minimum atomic E-state index is -4.45. The van der Waals surface area contributed by atoms with Crippen molar-refractivity contribution in [2.24, 2.45) is 0 Å². The maximum Gasteiger partial charge on any atom is 0.267 e. The number of aliphatic hydroxyl groups excluding tert-OH is 2. The molecule has 3 unspecified atom stereocenters. The molecule has 7 nitrogen and oxygen atoms in total. The van der Waals surface area contributed by atoms with Crippen LogP contribution in [-0.2, 0) is 14.9 Å². The number of carbonyl (C=O) groups excluding carboxylic acids is 1. The van der Waals surface area contributed by atoms with Crippen molar-refractivity contribution in [1.82, 2.24) is 5.32 Å². The summed E-state index contributed by atoms with van der Waals surface area (Å²) in [5, 5.41) is 23.1. The molecule has 0 heterocycles. The lowest BCUT2D eigenvalue weighted by Crippen LogP contribution is -2.50. The molecule has 240 valence electrons. The zero-order valence-corrected chi connectivity index (χ0v) is 26.8. The van der Waals surface area contributed by atoms with Crippen LogP contribution < -0.4 is 5.32 Å². The van der Waals surface area contributed by atoms with Crippen LogP contribution in [0.4, 0.5) is 0 Å². The van der Waals surface area contributed by atoms with E-state index in [1.54, 1.807) is 12.2 Å². The first-order valence-electron chi connectivity index (χ1n) is 16.3. The van der Waals surface area contributed by atoms with Gasteiger partial charge in [-0.2, -0.15) is 8.42 Å². The minimum absolute atomic E-state index is 0.0698. The lowest BCUT2D eigenvalue weighted by Gasteiger charge is -2.22. The molecule has 1 amide bonds. The maximum absolute atomic E-state index is 12.4. The average molecular weight is 600 g/mol. The Morgan fingerprint density at radius 1 is 0.683 bits per heavy atom. The van der Waals surface area contributed by atoms with Gasteiger partial charge in [0.1, 0.15) is 6.10 Å². The summed E-state index contributed by atoms with van der Waals surface area (Å²) in [6, 6.07) is -1.26. The molecule has 41 heavy (non-hydrogen) atoms. The number of nitrogens with one attached hydrogen (secondary N) is 1. The molecule has 0 rings (SSSR count). The quantitative estimate of drug-likeness (QED) is 0.0417. The Kier molecular flexibility index (Phi) is 26.4. The summed E-state index contributed by atoms with van der Waals surface area (Å²) in [7, 11) is -4.45. The van der Waals surface area contributed by atoms with Crippen LogP contribution in [0.2, 0.25) is 0 Å². The van der Waals surface area contributed by atoms with Crippen LogP contribution in [0.3, 0.4) is 0 Å². The van der Waals surface area contributed by atoms with E-state index >= 15 is 0 Å². The molecular formula is C33H61NO6S. The molecule has 0 radical (unpaired) electrons. The summed E-state index contributed by atoms with van der Waals surface area (Å²) in [4.78, 5) is 12.4. The topological polar surface area (TPSA) is 124 Å². The second-order valence-electron chi connectivity index (χ2n) is 11.2. The molecule has 3 atom stereocenters. The fourth-order valence-electron chi connectivity index (χ4n) is 4.61. The molecular weight excluding hydrogens is 538 g/mol. The highest BCUT2D eigenvalue weighted by atomic mass is 32.2. The highest BCUT2D eigenvalue weighted by Gasteiger charge is 2.27. The van der Waals surface area contributed by atoms with Crippen LogP contribution >= 0.6 is 0 Å². The van der Waals surface area contributed by atoms with Gasteiger partial charge in [-0.1, -0.05) is 140 Å². The van der Waals surface area contributed by atoms with Gasteiger partial charge in [-0.25, -0.2) is 0 Å². The summed E-state index contributed by atoms with van der Waals surface area (Å²) >= 11 is 0. The van der Waals surface area contributed by atoms with E-state index in [9.17, 15) is 28.0 Å². The molecule has 0 spiro atoms. The summed E-state index contributed by atoms with van der Waals surface area (Å²) in [5.74, 6) is -1.63. The molecule has 0 aromatic rings. The van der Waals surface area contributed by atoms with Crippen LogP contribution in [0.1, 0.15) is 142 Å². The highest BCUT2D eigenvalue weighted by molar-refractivity contribution is 7.85. The standard InChI is InChI=1S/C33H61NO6S/c1-3-5-7-9-11-13-15-17-19-21-23-25-27-31(35)30(29-41(38,39)40)34-33(37)32(36)28-26-24-22-20-18-16-14-12-10-8-6-4-2/h18,20,24-27,30-32,35-36H,3-17,19,21-23,28-29H2,1-2H3,(H,34,37)(H,38,39,40)/b20-18-,26-24-,27-25+. The first-order chi connectivity index (χ1) is 19.7. The Bertz CT molecular complexity index is 809. The van der Waals surface area contributed by atoms with Gasteiger partial charge < -0.3 is 15.5 Å². The molecule has 0 saturated carbocycles. The summed E-state index contributed by atoms with van der Waals surface area (Å²) in [6.07, 6.45) is 30.8. The van der Waals surface area contributed by atoms with Crippen LogP contribution in [0, 0.1) is 0 Å². The normalized spacial score (nSPS) is 14.8. The Morgan fingerprint density at radius 2 is 1.15 bits per heavy atom. The van der Waals surface area contributed by atoms with E-state index in [0.717, 1.165) is 25.7 Å². The van der Waals surface area contributed by atoms with Crippen LogP contribution in [-0.4, -0.2) is 53.1 Å². The predicted octanol–water partition coefficient (Wildman–Crippen LogP) is 7.59. The van der Waals surface area contributed by atoms with E-state index in [1.807, 2.05) is 6.08 Å². The first-order valence-corrected chi connectivity index (χ1v) is 17.9. The number of rotatable bonds is 28. The number of hydrogen-bond donors (Lipinski definition) is 4. The van der Waals surface area contributed by atoms with Crippen molar-refractivity contribution in [3.05, 3.63) is 36.5 Å². The number of hydrogen-bond acceptors (Lipinski definition) is 5. The Labute approximate surface area is 251 Å². The van der Waals surface area contributed by atoms with Crippen molar-refractivity contribution in [2.45, 2.75) is 161 Å². The molecule has 0 bridgehead atoms. The molecule has 0 aromatic heterocycles. The molecule has 0 aliphatic heterocycles. The van der Waals surface area contributed by atoms with Gasteiger partial charge in [0.15, 0.2) is 0 Å². The molecule has 0 aromatic carbocycles. The van der Waals surface area contributed by atoms with Gasteiger partial charge in [-0.3, -0.25) is 9.35 Å². The predicted molar refractivity (Wildman–Crippen MR) is 171 cm³/mol. The van der Waals surface area contributed by atoms with Crippen molar-refractivity contribution in [2.75, 3.05) is 5.75 Å². The number of allylic oxidation sites excluding steroid dienone is 4.